The highest BCUT2D eigenvalue weighted by Crippen LogP contribution is 2.14. The lowest BCUT2D eigenvalue weighted by Gasteiger charge is -2.21. The first kappa shape index (κ1) is 18.8. The Morgan fingerprint density at radius 3 is 1.18 bits per heavy atom. The first-order valence-electron chi connectivity index (χ1n) is 5.52. The maximum atomic E-state index is 11.1. The Hall–Kier alpha value is -0.580. The van der Waals surface area contributed by atoms with Crippen LogP contribution in [-0.4, -0.2) is 44.3 Å². The van der Waals surface area contributed by atoms with Crippen LogP contribution in [0.3, 0.4) is 0 Å². The SMILES string of the molecule is CC(C)(C)S(C)(=O)=O.CN(C)C(=O)C(C)(C)C. The second kappa shape index (κ2) is 5.85. The van der Waals surface area contributed by atoms with Gasteiger partial charge in [0.05, 0.1) is 4.75 Å². The Labute approximate surface area is 106 Å². The standard InChI is InChI=1S/C7H15NO.C5H12O2S/c1-7(2,3)6(9)8(4)5;1-5(2,3)8(4,6)7/h1-5H3;1-4H3. The molecule has 0 saturated carbocycles. The molecule has 0 bridgehead atoms. The Morgan fingerprint density at radius 1 is 0.941 bits per heavy atom. The molecule has 0 atom stereocenters. The Kier molecular flexibility index (Phi) is 6.46. The molecule has 0 rings (SSSR count). The van der Waals surface area contributed by atoms with Gasteiger partial charge in [-0.2, -0.15) is 0 Å². The van der Waals surface area contributed by atoms with Gasteiger partial charge in [-0.05, 0) is 20.8 Å². The number of sulfone groups is 1. The van der Waals surface area contributed by atoms with Crippen molar-refractivity contribution in [3.63, 3.8) is 0 Å². The van der Waals surface area contributed by atoms with Crippen LogP contribution in [0, 0.1) is 5.41 Å². The van der Waals surface area contributed by atoms with Gasteiger partial charge in [0, 0.05) is 25.8 Å². The number of hydrogen-bond donors (Lipinski definition) is 0. The molecule has 0 aliphatic heterocycles. The summed E-state index contributed by atoms with van der Waals surface area (Å²) in [6.07, 6.45) is 1.24. The van der Waals surface area contributed by atoms with Gasteiger partial charge in [-0.15, -0.1) is 0 Å². The highest BCUT2D eigenvalue weighted by Gasteiger charge is 2.23. The van der Waals surface area contributed by atoms with Crippen LogP contribution in [0.5, 0.6) is 0 Å². The molecule has 0 aromatic carbocycles. The van der Waals surface area contributed by atoms with Crippen LogP contribution in [-0.2, 0) is 14.6 Å². The van der Waals surface area contributed by atoms with E-state index in [1.165, 1.54) is 6.26 Å². The summed E-state index contributed by atoms with van der Waals surface area (Å²) in [5, 5.41) is 0. The number of amides is 1. The fourth-order valence-electron chi connectivity index (χ4n) is 0.671. The number of hydrogen-bond acceptors (Lipinski definition) is 3. The van der Waals surface area contributed by atoms with Gasteiger partial charge in [-0.25, -0.2) is 8.42 Å². The van der Waals surface area contributed by atoms with Crippen LogP contribution in [0.25, 0.3) is 0 Å². The quantitative estimate of drug-likeness (QED) is 0.672. The molecule has 0 aromatic rings. The molecule has 0 fully saturated rings. The molecule has 0 aliphatic rings. The molecule has 4 nitrogen and oxygen atoms in total. The van der Waals surface area contributed by atoms with E-state index in [1.54, 1.807) is 39.8 Å². The van der Waals surface area contributed by atoms with E-state index in [2.05, 4.69) is 0 Å². The Bertz CT molecular complexity index is 343. The minimum atomic E-state index is -2.84. The smallest absolute Gasteiger partial charge is 0.227 e. The van der Waals surface area contributed by atoms with Gasteiger partial charge >= 0.3 is 0 Å². The van der Waals surface area contributed by atoms with Gasteiger partial charge in [-0.1, -0.05) is 20.8 Å². The highest BCUT2D eigenvalue weighted by molar-refractivity contribution is 7.92. The number of nitrogens with zero attached hydrogens (tertiary/aromatic N) is 1. The minimum absolute atomic E-state index is 0.169. The second-order valence-corrected chi connectivity index (χ2v) is 9.10. The minimum Gasteiger partial charge on any atom is -0.348 e. The lowest BCUT2D eigenvalue weighted by molar-refractivity contribution is -0.136. The van der Waals surface area contributed by atoms with Crippen molar-refractivity contribution in [1.82, 2.24) is 4.90 Å². The first-order valence-corrected chi connectivity index (χ1v) is 7.41. The number of rotatable bonds is 0. The van der Waals surface area contributed by atoms with Crippen LogP contribution in [0.4, 0.5) is 0 Å². The average molecular weight is 265 g/mol. The van der Waals surface area contributed by atoms with Crippen molar-refractivity contribution in [1.29, 1.82) is 0 Å². The van der Waals surface area contributed by atoms with E-state index in [0.29, 0.717) is 0 Å². The zero-order chi connectivity index (χ0) is 14.7. The van der Waals surface area contributed by atoms with E-state index in [4.69, 9.17) is 0 Å². The Morgan fingerprint density at radius 2 is 1.18 bits per heavy atom. The fourth-order valence-corrected chi connectivity index (χ4v) is 0.671. The normalized spacial score (nSPS) is 12.5. The summed E-state index contributed by atoms with van der Waals surface area (Å²) in [6, 6.07) is 0. The van der Waals surface area contributed by atoms with Gasteiger partial charge in [-0.3, -0.25) is 4.79 Å². The van der Waals surface area contributed by atoms with E-state index < -0.39 is 14.6 Å². The molecule has 0 N–H and O–H groups in total. The van der Waals surface area contributed by atoms with Gasteiger partial charge in [0.1, 0.15) is 0 Å². The molecule has 0 radical (unpaired) electrons. The zero-order valence-corrected chi connectivity index (χ0v) is 13.4. The van der Waals surface area contributed by atoms with Crippen LogP contribution in [0.15, 0.2) is 0 Å². The third-order valence-electron chi connectivity index (χ3n) is 2.16. The highest BCUT2D eigenvalue weighted by atomic mass is 32.2. The molecule has 0 saturated heterocycles. The van der Waals surface area contributed by atoms with Crippen molar-refractivity contribution in [2.24, 2.45) is 5.41 Å². The number of carbonyl (C=O) groups is 1. The summed E-state index contributed by atoms with van der Waals surface area (Å²) in [4.78, 5) is 12.7. The topological polar surface area (TPSA) is 54.5 Å². The number of carbonyl (C=O) groups excluding carboxylic acids is 1. The van der Waals surface area contributed by atoms with Crippen LogP contribution < -0.4 is 0 Å². The van der Waals surface area contributed by atoms with E-state index in [-0.39, 0.29) is 11.3 Å². The third kappa shape index (κ3) is 8.18. The lowest BCUT2D eigenvalue weighted by atomic mass is 9.95. The molecular weight excluding hydrogens is 238 g/mol. The van der Waals surface area contributed by atoms with Gasteiger partial charge < -0.3 is 4.90 Å². The van der Waals surface area contributed by atoms with Crippen molar-refractivity contribution in [2.45, 2.75) is 46.3 Å². The van der Waals surface area contributed by atoms with E-state index in [1.807, 2.05) is 20.8 Å². The van der Waals surface area contributed by atoms with Crippen molar-refractivity contribution in [3.05, 3.63) is 0 Å². The molecular formula is C12H27NO3S. The molecule has 0 heterocycles. The summed E-state index contributed by atoms with van der Waals surface area (Å²) in [5.41, 5.74) is -0.233. The van der Waals surface area contributed by atoms with Crippen molar-refractivity contribution in [3.8, 4) is 0 Å². The maximum absolute atomic E-state index is 11.1. The molecule has 104 valence electrons. The van der Waals surface area contributed by atoms with Gasteiger partial charge in [0.2, 0.25) is 5.91 Å². The van der Waals surface area contributed by atoms with Crippen molar-refractivity contribution >= 4 is 15.7 Å². The van der Waals surface area contributed by atoms with Gasteiger partial charge in [0.15, 0.2) is 9.84 Å². The molecule has 0 spiro atoms. The molecule has 0 unspecified atom stereocenters. The summed E-state index contributed by atoms with van der Waals surface area (Å²) in [5.74, 6) is 0.169. The van der Waals surface area contributed by atoms with Gasteiger partial charge in [0.25, 0.3) is 0 Å². The molecule has 17 heavy (non-hydrogen) atoms. The monoisotopic (exact) mass is 265 g/mol. The largest absolute Gasteiger partial charge is 0.348 e. The Balaban J connectivity index is 0. The summed E-state index contributed by atoms with van der Waals surface area (Å²) < 4.78 is 20.7. The molecule has 0 aromatic heterocycles. The molecule has 0 aliphatic carbocycles. The zero-order valence-electron chi connectivity index (χ0n) is 12.6. The van der Waals surface area contributed by atoms with E-state index >= 15 is 0 Å². The van der Waals surface area contributed by atoms with E-state index in [9.17, 15) is 13.2 Å². The van der Waals surface area contributed by atoms with Crippen molar-refractivity contribution in [2.75, 3.05) is 20.4 Å². The molecule has 1 amide bonds. The van der Waals surface area contributed by atoms with Crippen LogP contribution in [0.2, 0.25) is 0 Å². The average Bonchev–Trinajstić information content (AvgIpc) is 1.98. The summed E-state index contributed by atoms with van der Waals surface area (Å²) in [7, 11) is 0.703. The first-order chi connectivity index (χ1) is 7.10. The van der Waals surface area contributed by atoms with Crippen molar-refractivity contribution < 1.29 is 13.2 Å². The summed E-state index contributed by atoms with van der Waals surface area (Å²) >= 11 is 0. The third-order valence-corrected chi connectivity index (χ3v) is 4.38. The maximum Gasteiger partial charge on any atom is 0.227 e. The fraction of sp³-hybridized carbons (Fsp3) is 0.917. The van der Waals surface area contributed by atoms with Crippen LogP contribution >= 0.6 is 0 Å². The second-order valence-electron chi connectivity index (χ2n) is 6.33. The predicted octanol–water partition coefficient (Wildman–Crippen LogP) is 1.95. The van der Waals surface area contributed by atoms with E-state index in [0.717, 1.165) is 0 Å². The molecule has 5 heteroatoms. The summed E-state index contributed by atoms with van der Waals surface area (Å²) in [6.45, 7) is 10.8. The van der Waals surface area contributed by atoms with Crippen LogP contribution in [0.1, 0.15) is 41.5 Å². The predicted molar refractivity (Wildman–Crippen MR) is 72.7 cm³/mol. The lowest BCUT2D eigenvalue weighted by Crippen LogP contribution is -2.33.